The van der Waals surface area contributed by atoms with Crippen molar-refractivity contribution in [1.82, 2.24) is 10.6 Å². The lowest BCUT2D eigenvalue weighted by atomic mass is 10.0. The standard InChI is InChI=1S/C21H24N4O3/c1-13(23-2)20(27)24-18(14-8-4-3-5-9-14)21(28)25-16-11-7-6-10-15(16)12-17(25)19(22)26/h3-11,13,17-18,23H,12H2,1-2H3,(H2,22,26)(H,24,27). The van der Waals surface area contributed by atoms with Crippen LogP contribution in [0.15, 0.2) is 54.6 Å². The summed E-state index contributed by atoms with van der Waals surface area (Å²) >= 11 is 0. The van der Waals surface area contributed by atoms with Crippen molar-refractivity contribution in [1.29, 1.82) is 0 Å². The highest BCUT2D eigenvalue weighted by molar-refractivity contribution is 6.06. The molecule has 0 bridgehead atoms. The predicted molar refractivity (Wildman–Crippen MR) is 106 cm³/mol. The van der Waals surface area contributed by atoms with E-state index in [-0.39, 0.29) is 5.91 Å². The van der Waals surface area contributed by atoms with Crippen LogP contribution in [-0.2, 0) is 20.8 Å². The number of nitrogens with one attached hydrogen (secondary N) is 2. The van der Waals surface area contributed by atoms with Gasteiger partial charge >= 0.3 is 0 Å². The highest BCUT2D eigenvalue weighted by Gasteiger charge is 2.40. The van der Waals surface area contributed by atoms with Gasteiger partial charge in [-0.3, -0.25) is 19.3 Å². The Kier molecular flexibility index (Phi) is 5.75. The maximum absolute atomic E-state index is 13.6. The van der Waals surface area contributed by atoms with Crippen LogP contribution < -0.4 is 21.3 Å². The second-order valence-corrected chi connectivity index (χ2v) is 6.82. The molecular formula is C21H24N4O3. The highest BCUT2D eigenvalue weighted by Crippen LogP contribution is 2.34. The van der Waals surface area contributed by atoms with Gasteiger partial charge in [-0.05, 0) is 31.2 Å². The summed E-state index contributed by atoms with van der Waals surface area (Å²) < 4.78 is 0. The summed E-state index contributed by atoms with van der Waals surface area (Å²) in [4.78, 5) is 39.5. The molecular weight excluding hydrogens is 356 g/mol. The first-order valence-electron chi connectivity index (χ1n) is 9.17. The molecule has 3 rings (SSSR count). The van der Waals surface area contributed by atoms with Gasteiger partial charge in [-0.2, -0.15) is 0 Å². The fourth-order valence-electron chi connectivity index (χ4n) is 3.36. The third-order valence-electron chi connectivity index (χ3n) is 5.03. The average Bonchev–Trinajstić information content (AvgIpc) is 3.11. The molecule has 3 amide bonds. The number of hydrogen-bond acceptors (Lipinski definition) is 4. The summed E-state index contributed by atoms with van der Waals surface area (Å²) in [6, 6.07) is 14.1. The van der Waals surface area contributed by atoms with E-state index in [1.807, 2.05) is 24.3 Å². The Morgan fingerprint density at radius 1 is 1.07 bits per heavy atom. The average molecular weight is 380 g/mol. The summed E-state index contributed by atoms with van der Waals surface area (Å²) in [5, 5.41) is 5.67. The molecule has 3 atom stereocenters. The van der Waals surface area contributed by atoms with Gasteiger partial charge in [-0.1, -0.05) is 48.5 Å². The Bertz CT molecular complexity index is 884. The first-order valence-corrected chi connectivity index (χ1v) is 9.17. The third-order valence-corrected chi connectivity index (χ3v) is 5.03. The normalized spacial score (nSPS) is 17.5. The topological polar surface area (TPSA) is 105 Å². The predicted octanol–water partition coefficient (Wildman–Crippen LogP) is 0.895. The van der Waals surface area contributed by atoms with Crippen molar-refractivity contribution in [3.63, 3.8) is 0 Å². The number of amides is 3. The summed E-state index contributed by atoms with van der Waals surface area (Å²) in [5.41, 5.74) is 7.74. The largest absolute Gasteiger partial charge is 0.368 e. The van der Waals surface area contributed by atoms with Crippen molar-refractivity contribution < 1.29 is 14.4 Å². The van der Waals surface area contributed by atoms with Gasteiger partial charge in [0.05, 0.1) is 6.04 Å². The van der Waals surface area contributed by atoms with Crippen LogP contribution in [0.25, 0.3) is 0 Å². The van der Waals surface area contributed by atoms with Crippen LogP contribution in [-0.4, -0.2) is 36.9 Å². The number of anilines is 1. The Morgan fingerprint density at radius 3 is 2.36 bits per heavy atom. The fraction of sp³-hybridized carbons (Fsp3) is 0.286. The Labute approximate surface area is 163 Å². The van der Waals surface area contributed by atoms with Crippen LogP contribution in [0.2, 0.25) is 0 Å². The second-order valence-electron chi connectivity index (χ2n) is 6.82. The molecule has 0 fully saturated rings. The molecule has 1 heterocycles. The molecule has 0 saturated heterocycles. The first-order chi connectivity index (χ1) is 13.4. The number of likely N-dealkylation sites (N-methyl/N-ethyl adjacent to an activating group) is 1. The minimum atomic E-state index is -0.933. The second kappa shape index (κ2) is 8.22. The van der Waals surface area contributed by atoms with Crippen LogP contribution >= 0.6 is 0 Å². The molecule has 4 N–H and O–H groups in total. The summed E-state index contributed by atoms with van der Waals surface area (Å²) in [6.07, 6.45) is 0.361. The molecule has 0 aliphatic carbocycles. The Hall–Kier alpha value is -3.19. The number of nitrogens with zero attached hydrogens (tertiary/aromatic N) is 1. The lowest BCUT2D eigenvalue weighted by Gasteiger charge is -2.29. The summed E-state index contributed by atoms with van der Waals surface area (Å²) in [7, 11) is 1.67. The number of carbonyl (C=O) groups excluding carboxylic acids is 3. The molecule has 0 saturated carbocycles. The molecule has 3 unspecified atom stereocenters. The zero-order valence-electron chi connectivity index (χ0n) is 15.9. The number of hydrogen-bond donors (Lipinski definition) is 3. The number of fused-ring (bicyclic) bond motifs is 1. The van der Waals surface area contributed by atoms with Crippen molar-refractivity contribution in [3.05, 3.63) is 65.7 Å². The van der Waals surface area contributed by atoms with Crippen molar-refractivity contribution in [2.45, 2.75) is 31.5 Å². The van der Waals surface area contributed by atoms with E-state index in [4.69, 9.17) is 5.73 Å². The van der Waals surface area contributed by atoms with Crippen molar-refractivity contribution in [2.75, 3.05) is 11.9 Å². The molecule has 1 aliphatic heterocycles. The van der Waals surface area contributed by atoms with Gasteiger partial charge in [-0.15, -0.1) is 0 Å². The molecule has 0 radical (unpaired) electrons. The number of rotatable bonds is 6. The number of carbonyl (C=O) groups is 3. The van der Waals surface area contributed by atoms with E-state index in [1.165, 1.54) is 4.90 Å². The smallest absolute Gasteiger partial charge is 0.254 e. The molecule has 28 heavy (non-hydrogen) atoms. The maximum Gasteiger partial charge on any atom is 0.254 e. The van der Waals surface area contributed by atoms with E-state index in [9.17, 15) is 14.4 Å². The van der Waals surface area contributed by atoms with Gasteiger partial charge in [0.2, 0.25) is 11.8 Å². The van der Waals surface area contributed by atoms with Crippen LogP contribution in [0.1, 0.15) is 24.1 Å². The van der Waals surface area contributed by atoms with Gasteiger partial charge < -0.3 is 16.4 Å². The molecule has 7 nitrogen and oxygen atoms in total. The lowest BCUT2D eigenvalue weighted by Crippen LogP contribution is -2.52. The van der Waals surface area contributed by atoms with Crippen LogP contribution in [0, 0.1) is 0 Å². The fourth-order valence-corrected chi connectivity index (χ4v) is 3.36. The quantitative estimate of drug-likeness (QED) is 0.692. The van der Waals surface area contributed by atoms with Crippen LogP contribution in [0.4, 0.5) is 5.69 Å². The van der Waals surface area contributed by atoms with Crippen molar-refractivity contribution in [2.24, 2.45) is 5.73 Å². The van der Waals surface area contributed by atoms with Crippen molar-refractivity contribution >= 4 is 23.4 Å². The SMILES string of the molecule is CNC(C)C(=O)NC(C(=O)N1c2ccccc2CC1C(N)=O)c1ccccc1. The molecule has 1 aliphatic rings. The Balaban J connectivity index is 2.00. The van der Waals surface area contributed by atoms with E-state index in [2.05, 4.69) is 10.6 Å². The summed E-state index contributed by atoms with van der Waals surface area (Å²) in [6.45, 7) is 1.71. The van der Waals surface area contributed by atoms with Crippen molar-refractivity contribution in [3.8, 4) is 0 Å². The molecule has 0 aromatic heterocycles. The van der Waals surface area contributed by atoms with Gasteiger partial charge in [0.25, 0.3) is 5.91 Å². The third kappa shape index (κ3) is 3.75. The highest BCUT2D eigenvalue weighted by atomic mass is 16.2. The summed E-state index contributed by atoms with van der Waals surface area (Å²) in [5.74, 6) is -1.28. The van der Waals surface area contributed by atoms with Gasteiger partial charge in [-0.25, -0.2) is 0 Å². The number of benzene rings is 2. The minimum absolute atomic E-state index is 0.312. The molecule has 7 heteroatoms. The maximum atomic E-state index is 13.6. The van der Waals surface area contributed by atoms with Gasteiger partial charge in [0.15, 0.2) is 0 Å². The Morgan fingerprint density at radius 2 is 1.71 bits per heavy atom. The zero-order chi connectivity index (χ0) is 20.3. The monoisotopic (exact) mass is 380 g/mol. The molecule has 146 valence electrons. The van der Waals surface area contributed by atoms with E-state index in [0.717, 1.165) is 5.56 Å². The van der Waals surface area contributed by atoms with Crippen LogP contribution in [0.3, 0.4) is 0 Å². The number of para-hydroxylation sites is 1. The van der Waals surface area contributed by atoms with E-state index in [0.29, 0.717) is 17.7 Å². The number of primary amides is 1. The molecule has 0 spiro atoms. The zero-order valence-corrected chi connectivity index (χ0v) is 15.9. The van der Waals surface area contributed by atoms with Crippen LogP contribution in [0.5, 0.6) is 0 Å². The van der Waals surface area contributed by atoms with E-state index >= 15 is 0 Å². The van der Waals surface area contributed by atoms with Gasteiger partial charge in [0, 0.05) is 12.1 Å². The first kappa shape index (κ1) is 19.6. The minimum Gasteiger partial charge on any atom is -0.368 e. The lowest BCUT2D eigenvalue weighted by molar-refractivity contribution is -0.129. The number of nitrogens with two attached hydrogens (primary N) is 1. The van der Waals surface area contributed by atoms with E-state index < -0.39 is 29.9 Å². The molecule has 2 aromatic rings. The molecule has 2 aromatic carbocycles. The van der Waals surface area contributed by atoms with Gasteiger partial charge in [0.1, 0.15) is 12.1 Å². The van der Waals surface area contributed by atoms with E-state index in [1.54, 1.807) is 44.3 Å².